The molecular formula is C32H36F2N6O2. The molecule has 2 aromatic carbocycles. The molecule has 42 heavy (non-hydrogen) atoms. The van der Waals surface area contributed by atoms with Crippen LogP contribution in [0.2, 0.25) is 0 Å². The molecule has 4 aromatic rings. The van der Waals surface area contributed by atoms with Gasteiger partial charge in [0.05, 0.1) is 18.6 Å². The number of nitrogens with zero attached hydrogens (tertiary/aromatic N) is 5. The fraction of sp³-hybridized carbons (Fsp3) is 0.406. The van der Waals surface area contributed by atoms with Gasteiger partial charge < -0.3 is 15.0 Å². The van der Waals surface area contributed by atoms with E-state index in [0.717, 1.165) is 48.0 Å². The molecule has 0 saturated carbocycles. The van der Waals surface area contributed by atoms with Gasteiger partial charge in [0, 0.05) is 32.7 Å². The molecule has 2 aliphatic rings. The van der Waals surface area contributed by atoms with Crippen molar-refractivity contribution in [1.82, 2.24) is 19.4 Å². The summed E-state index contributed by atoms with van der Waals surface area (Å²) in [6.07, 6.45) is 2.26. The molecule has 6 rings (SSSR count). The Balaban J connectivity index is 1.29. The topological polar surface area (TPSA) is 75.5 Å². The molecule has 2 aromatic heterocycles. The number of halogens is 2. The van der Waals surface area contributed by atoms with Gasteiger partial charge in [0.15, 0.2) is 11.6 Å². The Labute approximate surface area is 244 Å². The highest BCUT2D eigenvalue weighted by Gasteiger charge is 2.21. The van der Waals surface area contributed by atoms with Crippen LogP contribution in [0.1, 0.15) is 42.8 Å². The Morgan fingerprint density at radius 3 is 2.38 bits per heavy atom. The molecule has 1 N–H and O–H groups in total. The van der Waals surface area contributed by atoms with Crippen molar-refractivity contribution in [2.45, 2.75) is 39.3 Å². The van der Waals surface area contributed by atoms with Gasteiger partial charge in [0.25, 0.3) is 5.56 Å². The summed E-state index contributed by atoms with van der Waals surface area (Å²) in [5.74, 6) is -0.451. The summed E-state index contributed by atoms with van der Waals surface area (Å²) in [6.45, 7) is 8.85. The lowest BCUT2D eigenvalue weighted by atomic mass is 9.96. The third kappa shape index (κ3) is 5.61. The minimum absolute atomic E-state index is 0.0987. The third-order valence-corrected chi connectivity index (χ3v) is 8.33. The lowest BCUT2D eigenvalue weighted by Gasteiger charge is -2.29. The summed E-state index contributed by atoms with van der Waals surface area (Å²) in [7, 11) is 1.74. The molecule has 8 nitrogen and oxygen atoms in total. The van der Waals surface area contributed by atoms with Gasteiger partial charge >= 0.3 is 0 Å². The molecule has 0 spiro atoms. The minimum atomic E-state index is -0.842. The number of pyridine rings is 1. The molecule has 220 valence electrons. The first kappa shape index (κ1) is 28.2. The van der Waals surface area contributed by atoms with E-state index in [1.807, 2.05) is 49.1 Å². The highest BCUT2D eigenvalue weighted by Crippen LogP contribution is 2.31. The van der Waals surface area contributed by atoms with E-state index >= 15 is 0 Å². The molecule has 0 amide bonds. The van der Waals surface area contributed by atoms with Crippen LogP contribution in [-0.4, -0.2) is 58.8 Å². The van der Waals surface area contributed by atoms with Gasteiger partial charge in [0.1, 0.15) is 23.0 Å². The van der Waals surface area contributed by atoms with Gasteiger partial charge in [-0.1, -0.05) is 24.3 Å². The first-order valence-corrected chi connectivity index (χ1v) is 14.6. The quantitative estimate of drug-likeness (QED) is 0.326. The number of morpholine rings is 1. The number of rotatable bonds is 7. The van der Waals surface area contributed by atoms with E-state index in [-0.39, 0.29) is 11.6 Å². The van der Waals surface area contributed by atoms with Crippen molar-refractivity contribution >= 4 is 22.5 Å². The van der Waals surface area contributed by atoms with Crippen molar-refractivity contribution in [2.75, 3.05) is 49.6 Å². The van der Waals surface area contributed by atoms with Crippen LogP contribution in [-0.2, 0) is 18.3 Å². The maximum Gasteiger partial charge on any atom is 0.275 e. The van der Waals surface area contributed by atoms with E-state index in [9.17, 15) is 13.6 Å². The second-order valence-corrected chi connectivity index (χ2v) is 11.2. The molecule has 0 unspecified atom stereocenters. The van der Waals surface area contributed by atoms with Crippen molar-refractivity contribution in [2.24, 2.45) is 7.05 Å². The Morgan fingerprint density at radius 1 is 0.976 bits per heavy atom. The van der Waals surface area contributed by atoms with Crippen LogP contribution in [0.15, 0.2) is 47.3 Å². The van der Waals surface area contributed by atoms with Crippen molar-refractivity contribution in [3.05, 3.63) is 81.4 Å². The van der Waals surface area contributed by atoms with E-state index in [4.69, 9.17) is 9.72 Å². The minimum Gasteiger partial charge on any atom is -0.378 e. The second-order valence-electron chi connectivity index (χ2n) is 11.2. The predicted molar refractivity (Wildman–Crippen MR) is 161 cm³/mol. The lowest BCUT2D eigenvalue weighted by molar-refractivity contribution is 0.122. The van der Waals surface area contributed by atoms with E-state index in [2.05, 4.69) is 15.2 Å². The van der Waals surface area contributed by atoms with E-state index in [0.29, 0.717) is 61.4 Å². The van der Waals surface area contributed by atoms with Crippen LogP contribution >= 0.6 is 0 Å². The number of hydrogen-bond donors (Lipinski definition) is 1. The van der Waals surface area contributed by atoms with Crippen molar-refractivity contribution < 1.29 is 13.5 Å². The fourth-order valence-electron chi connectivity index (χ4n) is 5.97. The second kappa shape index (κ2) is 11.8. The summed E-state index contributed by atoms with van der Waals surface area (Å²) in [6, 6.07) is 12.3. The third-order valence-electron chi connectivity index (χ3n) is 8.33. The van der Waals surface area contributed by atoms with Gasteiger partial charge in [-0.05, 0) is 80.2 Å². The zero-order valence-electron chi connectivity index (χ0n) is 24.3. The first-order chi connectivity index (χ1) is 20.3. The Kier molecular flexibility index (Phi) is 7.92. The van der Waals surface area contributed by atoms with Crippen LogP contribution < -0.4 is 15.8 Å². The maximum absolute atomic E-state index is 14.3. The Hall–Kier alpha value is -3.89. The smallest absolute Gasteiger partial charge is 0.275 e. The molecule has 2 aliphatic heterocycles. The normalized spacial score (nSPS) is 16.7. The lowest BCUT2D eigenvalue weighted by Crippen LogP contribution is -2.40. The van der Waals surface area contributed by atoms with Gasteiger partial charge in [-0.25, -0.2) is 18.7 Å². The highest BCUT2D eigenvalue weighted by atomic mass is 19.2. The first-order valence-electron chi connectivity index (χ1n) is 14.6. The molecular weight excluding hydrogens is 538 g/mol. The van der Waals surface area contributed by atoms with Crippen LogP contribution in [0.25, 0.3) is 22.2 Å². The van der Waals surface area contributed by atoms with Crippen LogP contribution in [0.5, 0.6) is 0 Å². The maximum atomic E-state index is 14.3. The Morgan fingerprint density at radius 2 is 1.67 bits per heavy atom. The predicted octanol–water partition coefficient (Wildman–Crippen LogP) is 5.19. The number of likely N-dealkylation sites (tertiary alicyclic amines) is 1. The largest absolute Gasteiger partial charge is 0.378 e. The van der Waals surface area contributed by atoms with Gasteiger partial charge in [0.2, 0.25) is 0 Å². The summed E-state index contributed by atoms with van der Waals surface area (Å²) in [4.78, 5) is 26.8. The molecule has 1 atom stereocenters. The summed E-state index contributed by atoms with van der Waals surface area (Å²) in [5.41, 5.74) is 4.42. The van der Waals surface area contributed by atoms with E-state index in [1.165, 1.54) is 12.1 Å². The van der Waals surface area contributed by atoms with E-state index in [1.54, 1.807) is 11.6 Å². The zero-order valence-corrected chi connectivity index (χ0v) is 24.3. The van der Waals surface area contributed by atoms with Gasteiger partial charge in [-0.15, -0.1) is 0 Å². The average molecular weight is 575 g/mol. The zero-order chi connectivity index (χ0) is 29.4. The van der Waals surface area contributed by atoms with Crippen molar-refractivity contribution in [3.63, 3.8) is 0 Å². The number of fused-ring (bicyclic) bond motifs is 1. The highest BCUT2D eigenvalue weighted by molar-refractivity contribution is 5.89. The molecule has 4 heterocycles. The molecule has 2 saturated heterocycles. The number of hydrogen-bond acceptors (Lipinski definition) is 7. The standard InChI is InChI=1S/C32H36F2N6O2/c1-20(22-6-8-23(9-7-22)25-17-28(34)27(33)16-24(25)19-39-10-4-5-11-39)35-30-26-18-29(40-12-14-42-15-13-40)32(41)38(3)31(26)37-21(2)36-30/h6-9,16-18,20H,4-5,10-15,19H2,1-3H3,(H,35,36,37)/t20-/m1/s1. The monoisotopic (exact) mass is 574 g/mol. The molecule has 0 bridgehead atoms. The van der Waals surface area contributed by atoms with Crippen molar-refractivity contribution in [3.8, 4) is 11.1 Å². The number of aromatic nitrogens is 3. The number of anilines is 2. The van der Waals surface area contributed by atoms with E-state index < -0.39 is 11.6 Å². The number of ether oxygens (including phenoxy) is 1. The molecule has 10 heteroatoms. The SMILES string of the molecule is Cc1nc(N[C@H](C)c2ccc(-c3cc(F)c(F)cc3CN3CCCC3)cc2)c2cc(N3CCOCC3)c(=O)n(C)c2n1. The van der Waals surface area contributed by atoms with Crippen molar-refractivity contribution in [1.29, 1.82) is 0 Å². The molecule has 0 aliphatic carbocycles. The van der Waals surface area contributed by atoms with Crippen LogP contribution in [0.3, 0.4) is 0 Å². The molecule has 0 radical (unpaired) electrons. The molecule has 2 fully saturated rings. The number of aryl methyl sites for hydroxylation is 2. The number of benzene rings is 2. The van der Waals surface area contributed by atoms with Crippen LogP contribution in [0.4, 0.5) is 20.3 Å². The van der Waals surface area contributed by atoms with Crippen LogP contribution in [0, 0.1) is 18.6 Å². The summed E-state index contributed by atoms with van der Waals surface area (Å²) < 4.78 is 35.6. The number of nitrogens with one attached hydrogen (secondary N) is 1. The van der Waals surface area contributed by atoms with Gasteiger partial charge in [-0.2, -0.15) is 0 Å². The Bertz CT molecular complexity index is 1660. The average Bonchev–Trinajstić information content (AvgIpc) is 3.51. The summed E-state index contributed by atoms with van der Waals surface area (Å²) >= 11 is 0. The fourth-order valence-corrected chi connectivity index (χ4v) is 5.97. The van der Waals surface area contributed by atoms with Gasteiger partial charge in [-0.3, -0.25) is 14.3 Å². The summed E-state index contributed by atoms with van der Waals surface area (Å²) in [5, 5.41) is 4.29.